The average Bonchev–Trinajstić information content (AvgIpc) is 2.51. The van der Waals surface area contributed by atoms with Gasteiger partial charge in [0.15, 0.2) is 5.92 Å². The van der Waals surface area contributed by atoms with Crippen molar-refractivity contribution in [2.75, 3.05) is 6.61 Å². The highest BCUT2D eigenvalue weighted by Crippen LogP contribution is 2.22. The summed E-state index contributed by atoms with van der Waals surface area (Å²) in [6.45, 7) is -0.502. The van der Waals surface area contributed by atoms with Crippen molar-refractivity contribution >= 4 is 11.9 Å². The molecular formula is C13H12N4O4. The van der Waals surface area contributed by atoms with Gasteiger partial charge < -0.3 is 10.2 Å². The third-order valence-corrected chi connectivity index (χ3v) is 2.70. The van der Waals surface area contributed by atoms with Crippen LogP contribution in [-0.4, -0.2) is 34.0 Å². The number of aliphatic hydroxyl groups is 2. The predicted molar refractivity (Wildman–Crippen MR) is 72.1 cm³/mol. The maximum atomic E-state index is 10.5. The van der Waals surface area contributed by atoms with Gasteiger partial charge in [-0.3, -0.25) is 15.1 Å². The fraction of sp³-hybridized carbons (Fsp3) is 0.308. The summed E-state index contributed by atoms with van der Waals surface area (Å²) < 4.78 is 0. The molecule has 0 fully saturated rings. The van der Waals surface area contributed by atoms with E-state index in [1.807, 2.05) is 0 Å². The van der Waals surface area contributed by atoms with E-state index >= 15 is 0 Å². The van der Waals surface area contributed by atoms with E-state index in [2.05, 4.69) is 4.99 Å². The van der Waals surface area contributed by atoms with Gasteiger partial charge in [-0.2, -0.15) is 10.5 Å². The number of aliphatic hydroxyl groups excluding tert-OH is 2. The van der Waals surface area contributed by atoms with Crippen LogP contribution in [0.3, 0.4) is 0 Å². The van der Waals surface area contributed by atoms with Gasteiger partial charge in [-0.15, -0.1) is 0 Å². The Morgan fingerprint density at radius 2 is 1.90 bits per heavy atom. The normalized spacial score (nSPS) is 13.6. The quantitative estimate of drug-likeness (QED) is 0.448. The molecule has 108 valence electrons. The van der Waals surface area contributed by atoms with Gasteiger partial charge in [-0.1, -0.05) is 0 Å². The van der Waals surface area contributed by atoms with Crippen molar-refractivity contribution in [1.29, 1.82) is 10.5 Å². The first-order valence-electron chi connectivity index (χ1n) is 5.89. The van der Waals surface area contributed by atoms with E-state index in [4.69, 9.17) is 10.5 Å². The number of nitriles is 2. The number of rotatable bonds is 6. The molecule has 1 aromatic carbocycles. The Morgan fingerprint density at radius 1 is 1.33 bits per heavy atom. The zero-order valence-electron chi connectivity index (χ0n) is 10.8. The van der Waals surface area contributed by atoms with Crippen LogP contribution in [0.4, 0.5) is 5.69 Å². The number of hydrogen-bond donors (Lipinski definition) is 2. The number of nitro groups is 1. The molecule has 8 nitrogen and oxygen atoms in total. The molecule has 0 spiro atoms. The predicted octanol–water partition coefficient (Wildman–Crippen LogP) is 0.723. The van der Waals surface area contributed by atoms with Crippen molar-refractivity contribution < 1.29 is 15.1 Å². The summed E-state index contributed by atoms with van der Waals surface area (Å²) in [5.41, 5.74) is 0.214. The summed E-state index contributed by atoms with van der Waals surface area (Å²) >= 11 is 0. The van der Waals surface area contributed by atoms with Crippen molar-refractivity contribution in [3.05, 3.63) is 39.9 Å². The average molecular weight is 288 g/mol. The van der Waals surface area contributed by atoms with Crippen LogP contribution in [0.5, 0.6) is 0 Å². The summed E-state index contributed by atoms with van der Waals surface area (Å²) in [6.07, 6.45) is -0.153. The van der Waals surface area contributed by atoms with Gasteiger partial charge in [0.1, 0.15) is 12.1 Å². The highest BCUT2D eigenvalue weighted by atomic mass is 16.6. The van der Waals surface area contributed by atoms with Crippen molar-refractivity contribution in [2.24, 2.45) is 10.9 Å². The van der Waals surface area contributed by atoms with Gasteiger partial charge in [0.05, 0.1) is 23.7 Å². The summed E-state index contributed by atoms with van der Waals surface area (Å²) in [5, 5.41) is 47.0. The van der Waals surface area contributed by atoms with Gasteiger partial charge in [0.25, 0.3) is 5.69 Å². The van der Waals surface area contributed by atoms with Crippen LogP contribution < -0.4 is 0 Å². The molecular weight excluding hydrogens is 276 g/mol. The lowest BCUT2D eigenvalue weighted by Gasteiger charge is -2.17. The Hall–Kier alpha value is -2.81. The Labute approximate surface area is 120 Å². The van der Waals surface area contributed by atoms with Crippen LogP contribution >= 0.6 is 0 Å². The number of aliphatic imine (C=N–C) groups is 1. The van der Waals surface area contributed by atoms with Crippen LogP contribution in [0.1, 0.15) is 11.7 Å². The molecule has 2 N–H and O–H groups in total. The summed E-state index contributed by atoms with van der Waals surface area (Å²) in [6, 6.07) is 7.56. The fourth-order valence-electron chi connectivity index (χ4n) is 1.54. The lowest BCUT2D eigenvalue weighted by Crippen LogP contribution is -2.21. The second-order valence-electron chi connectivity index (χ2n) is 4.08. The highest BCUT2D eigenvalue weighted by molar-refractivity contribution is 5.67. The molecule has 1 rings (SSSR count). The van der Waals surface area contributed by atoms with Gasteiger partial charge in [0.2, 0.25) is 0 Å². The molecule has 0 radical (unpaired) electrons. The first kappa shape index (κ1) is 16.2. The summed E-state index contributed by atoms with van der Waals surface area (Å²) in [5.74, 6) is -1.07. The van der Waals surface area contributed by atoms with Crippen molar-refractivity contribution in [3.63, 3.8) is 0 Å². The Kier molecular flexibility index (Phi) is 5.96. The Bertz CT molecular complexity index is 586. The van der Waals surface area contributed by atoms with Crippen molar-refractivity contribution in [2.45, 2.75) is 12.1 Å². The topological polar surface area (TPSA) is 144 Å². The molecule has 1 aromatic rings. The Balaban J connectivity index is 2.88. The molecule has 8 heteroatoms. The van der Waals surface area contributed by atoms with E-state index in [1.54, 1.807) is 12.1 Å². The number of benzene rings is 1. The smallest absolute Gasteiger partial charge is 0.269 e. The molecule has 0 aliphatic rings. The second-order valence-corrected chi connectivity index (χ2v) is 4.08. The van der Waals surface area contributed by atoms with E-state index in [-0.39, 0.29) is 5.69 Å². The number of non-ortho nitro benzene ring substituents is 1. The molecule has 0 aliphatic heterocycles. The molecule has 21 heavy (non-hydrogen) atoms. The minimum absolute atomic E-state index is 0.121. The summed E-state index contributed by atoms with van der Waals surface area (Å²) in [4.78, 5) is 13.8. The van der Waals surface area contributed by atoms with Crippen LogP contribution in [0.15, 0.2) is 29.3 Å². The maximum Gasteiger partial charge on any atom is 0.269 e. The molecule has 2 atom stereocenters. The third-order valence-electron chi connectivity index (χ3n) is 2.70. The maximum absolute atomic E-state index is 10.5. The fourth-order valence-corrected chi connectivity index (χ4v) is 1.54. The van der Waals surface area contributed by atoms with Crippen LogP contribution in [-0.2, 0) is 0 Å². The summed E-state index contributed by atoms with van der Waals surface area (Å²) in [7, 11) is 0. The number of nitrogens with zero attached hydrogens (tertiary/aromatic N) is 4. The van der Waals surface area contributed by atoms with Gasteiger partial charge in [-0.05, 0) is 17.7 Å². The SMILES string of the molecule is N#CC(C#N)C=N[C@@H](CO)[C@@H](O)c1ccc([N+](=O)[O-])cc1. The zero-order valence-corrected chi connectivity index (χ0v) is 10.8. The molecule has 0 aromatic heterocycles. The molecule has 0 amide bonds. The largest absolute Gasteiger partial charge is 0.394 e. The van der Waals surface area contributed by atoms with E-state index in [1.165, 1.54) is 24.3 Å². The monoisotopic (exact) mass is 288 g/mol. The van der Waals surface area contributed by atoms with E-state index in [0.717, 1.165) is 6.21 Å². The van der Waals surface area contributed by atoms with Gasteiger partial charge >= 0.3 is 0 Å². The van der Waals surface area contributed by atoms with Crippen LogP contribution in [0.2, 0.25) is 0 Å². The molecule has 0 unspecified atom stereocenters. The minimum atomic E-state index is -1.20. The van der Waals surface area contributed by atoms with E-state index in [9.17, 15) is 20.3 Å². The first-order chi connectivity index (χ1) is 10.0. The molecule has 0 heterocycles. The Morgan fingerprint density at radius 3 is 2.33 bits per heavy atom. The van der Waals surface area contributed by atoms with Gasteiger partial charge in [0, 0.05) is 18.3 Å². The lowest BCUT2D eigenvalue weighted by molar-refractivity contribution is -0.384. The molecule has 0 aliphatic carbocycles. The zero-order chi connectivity index (χ0) is 15.8. The number of nitro benzene ring substituents is 1. The van der Waals surface area contributed by atoms with Crippen LogP contribution in [0.25, 0.3) is 0 Å². The van der Waals surface area contributed by atoms with E-state index in [0.29, 0.717) is 5.56 Å². The number of hydrogen-bond acceptors (Lipinski definition) is 7. The molecule has 0 bridgehead atoms. The third kappa shape index (κ3) is 4.35. The van der Waals surface area contributed by atoms with Gasteiger partial charge in [-0.25, -0.2) is 0 Å². The van der Waals surface area contributed by atoms with Crippen LogP contribution in [0, 0.1) is 38.7 Å². The standard InChI is InChI=1S/C13H12N4O4/c14-5-9(6-15)7-16-12(8-18)13(19)10-1-3-11(4-2-10)17(20)21/h1-4,7,9,12-13,18-19H,8H2/t12-,13-/m0/s1. The van der Waals surface area contributed by atoms with E-state index < -0.39 is 29.6 Å². The first-order valence-corrected chi connectivity index (χ1v) is 5.89. The highest BCUT2D eigenvalue weighted by Gasteiger charge is 2.20. The second kappa shape index (κ2) is 7.70. The molecule has 0 saturated carbocycles. The molecule has 0 saturated heterocycles. The minimum Gasteiger partial charge on any atom is -0.394 e. The lowest BCUT2D eigenvalue weighted by atomic mass is 10.0. The van der Waals surface area contributed by atoms with Crippen molar-refractivity contribution in [3.8, 4) is 12.1 Å². The van der Waals surface area contributed by atoms with Crippen molar-refractivity contribution in [1.82, 2.24) is 0 Å².